The largest absolute Gasteiger partial charge is 0.325 e. The van der Waals surface area contributed by atoms with Crippen molar-refractivity contribution in [2.24, 2.45) is 5.14 Å². The number of benzene rings is 2. The maximum atomic E-state index is 12.8. The lowest BCUT2D eigenvalue weighted by Crippen LogP contribution is -2.19. The summed E-state index contributed by atoms with van der Waals surface area (Å²) in [4.78, 5) is 12.8. The molecule has 1 amide bonds. The van der Waals surface area contributed by atoms with Crippen molar-refractivity contribution in [3.05, 3.63) is 66.4 Å². The summed E-state index contributed by atoms with van der Waals surface area (Å²) >= 11 is 1.25. The molecular weight excluding hydrogens is 374 g/mol. The van der Waals surface area contributed by atoms with Crippen molar-refractivity contribution >= 4 is 33.4 Å². The summed E-state index contributed by atoms with van der Waals surface area (Å²) in [6.07, 6.45) is 1.54. The lowest BCUT2D eigenvalue weighted by Gasteiger charge is -2.16. The molecule has 10 heteroatoms. The number of carbonyl (C=O) groups is 1. The summed E-state index contributed by atoms with van der Waals surface area (Å²) < 4.78 is 22.6. The molecule has 0 aliphatic heterocycles. The fraction of sp³-hybridized carbons (Fsp3) is 0.0625. The van der Waals surface area contributed by atoms with Crippen molar-refractivity contribution < 1.29 is 13.2 Å². The molecule has 3 rings (SSSR count). The van der Waals surface area contributed by atoms with E-state index in [1.807, 2.05) is 30.3 Å². The summed E-state index contributed by atoms with van der Waals surface area (Å²) in [5, 5.41) is 18.1. The number of nitrogens with one attached hydrogen (secondary N) is 2. The number of sulfonamides is 1. The summed E-state index contributed by atoms with van der Waals surface area (Å²) in [5.74, 6) is -0.271. The highest BCUT2D eigenvalue weighted by Crippen LogP contribution is 2.34. The van der Waals surface area contributed by atoms with Crippen LogP contribution in [0.25, 0.3) is 0 Å². The fourth-order valence-electron chi connectivity index (χ4n) is 2.21. The minimum absolute atomic E-state index is 0.0212. The lowest BCUT2D eigenvalue weighted by atomic mass is 10.1. The van der Waals surface area contributed by atoms with Crippen LogP contribution in [0.3, 0.4) is 0 Å². The quantitative estimate of drug-likeness (QED) is 0.552. The number of primary sulfonamides is 1. The van der Waals surface area contributed by atoms with Crippen molar-refractivity contribution in [2.75, 3.05) is 5.32 Å². The van der Waals surface area contributed by atoms with Gasteiger partial charge in [-0.1, -0.05) is 42.1 Å². The Kier molecular flexibility index (Phi) is 5.35. The number of nitrogens with two attached hydrogens (primary N) is 1. The molecule has 0 aliphatic carbocycles. The van der Waals surface area contributed by atoms with E-state index in [4.69, 9.17) is 5.14 Å². The summed E-state index contributed by atoms with van der Waals surface area (Å²) in [6, 6.07) is 14.9. The summed E-state index contributed by atoms with van der Waals surface area (Å²) in [6.45, 7) is 0. The average molecular weight is 389 g/mol. The molecule has 0 saturated heterocycles. The Balaban J connectivity index is 1.81. The van der Waals surface area contributed by atoms with Crippen LogP contribution < -0.4 is 10.5 Å². The van der Waals surface area contributed by atoms with E-state index in [0.29, 0.717) is 10.7 Å². The number of aromatic nitrogens is 3. The number of nitrogens with zero attached hydrogens (tertiary/aromatic N) is 2. The number of amides is 1. The van der Waals surface area contributed by atoms with Gasteiger partial charge in [-0.15, -0.1) is 5.10 Å². The van der Waals surface area contributed by atoms with Gasteiger partial charge in [0, 0.05) is 5.69 Å². The topological polar surface area (TPSA) is 131 Å². The van der Waals surface area contributed by atoms with Crippen LogP contribution in [0.5, 0.6) is 0 Å². The number of H-pyrrole nitrogens is 1. The number of thioether (sulfide) groups is 1. The zero-order valence-corrected chi connectivity index (χ0v) is 15.0. The third kappa shape index (κ3) is 4.48. The average Bonchev–Trinajstić information content (AvgIpc) is 3.13. The van der Waals surface area contributed by atoms with Gasteiger partial charge in [0.15, 0.2) is 0 Å². The Bertz CT molecular complexity index is 974. The molecule has 26 heavy (non-hydrogen) atoms. The van der Waals surface area contributed by atoms with Gasteiger partial charge in [0.1, 0.15) is 10.3 Å². The number of aromatic amines is 1. The van der Waals surface area contributed by atoms with Crippen molar-refractivity contribution in [1.29, 1.82) is 0 Å². The van der Waals surface area contributed by atoms with Gasteiger partial charge in [0.05, 0.1) is 11.1 Å². The molecule has 0 aliphatic rings. The minimum Gasteiger partial charge on any atom is -0.325 e. The smallest absolute Gasteiger partial charge is 0.242 e. The molecule has 1 atom stereocenters. The molecular formula is C16H15N5O3S2. The van der Waals surface area contributed by atoms with E-state index >= 15 is 0 Å². The zero-order chi connectivity index (χ0) is 18.6. The molecule has 134 valence electrons. The molecule has 0 saturated carbocycles. The minimum atomic E-state index is -3.78. The number of hydrogen-bond acceptors (Lipinski definition) is 6. The van der Waals surface area contributed by atoms with Crippen LogP contribution in [-0.2, 0) is 14.8 Å². The maximum absolute atomic E-state index is 12.8. The molecule has 1 heterocycles. The summed E-state index contributed by atoms with van der Waals surface area (Å²) in [5.41, 5.74) is 1.27. The molecule has 0 radical (unpaired) electrons. The molecule has 2 aromatic carbocycles. The Hall–Kier alpha value is -2.69. The van der Waals surface area contributed by atoms with E-state index in [-0.39, 0.29) is 10.8 Å². The molecule has 1 aromatic heterocycles. The van der Waals surface area contributed by atoms with Gasteiger partial charge in [-0.25, -0.2) is 13.6 Å². The molecule has 0 spiro atoms. The van der Waals surface area contributed by atoms with E-state index in [1.165, 1.54) is 42.2 Å². The predicted octanol–water partition coefficient (Wildman–Crippen LogP) is 1.92. The first-order chi connectivity index (χ1) is 12.4. The van der Waals surface area contributed by atoms with Gasteiger partial charge in [0.25, 0.3) is 0 Å². The highest BCUT2D eigenvalue weighted by atomic mass is 32.2. The maximum Gasteiger partial charge on any atom is 0.242 e. The van der Waals surface area contributed by atoms with Crippen LogP contribution in [0, 0.1) is 0 Å². The fourth-order valence-corrected chi connectivity index (χ4v) is 3.63. The third-order valence-electron chi connectivity index (χ3n) is 3.42. The van der Waals surface area contributed by atoms with Gasteiger partial charge < -0.3 is 5.32 Å². The first kappa shape index (κ1) is 18.1. The van der Waals surface area contributed by atoms with Gasteiger partial charge in [-0.3, -0.25) is 4.79 Å². The highest BCUT2D eigenvalue weighted by molar-refractivity contribution is 8.00. The SMILES string of the molecule is NS(=O)(=O)c1ccc(NC(=O)[C@@H](Sc2cn[nH]n2)c2ccccc2)cc1. The lowest BCUT2D eigenvalue weighted by molar-refractivity contribution is -0.115. The van der Waals surface area contributed by atoms with E-state index < -0.39 is 15.3 Å². The van der Waals surface area contributed by atoms with Crippen LogP contribution in [0.4, 0.5) is 5.69 Å². The van der Waals surface area contributed by atoms with Gasteiger partial charge in [0.2, 0.25) is 15.9 Å². The van der Waals surface area contributed by atoms with Crippen LogP contribution in [0.2, 0.25) is 0 Å². The van der Waals surface area contributed by atoms with Crippen molar-refractivity contribution in [1.82, 2.24) is 15.4 Å². The second-order valence-electron chi connectivity index (χ2n) is 5.28. The highest BCUT2D eigenvalue weighted by Gasteiger charge is 2.23. The van der Waals surface area contributed by atoms with Crippen LogP contribution in [-0.4, -0.2) is 29.7 Å². The van der Waals surface area contributed by atoms with Gasteiger partial charge in [-0.05, 0) is 29.8 Å². The second kappa shape index (κ2) is 7.68. The summed E-state index contributed by atoms with van der Waals surface area (Å²) in [7, 11) is -3.78. The Morgan fingerprint density at radius 2 is 1.81 bits per heavy atom. The van der Waals surface area contributed by atoms with Gasteiger partial charge >= 0.3 is 0 Å². The zero-order valence-electron chi connectivity index (χ0n) is 13.4. The Morgan fingerprint density at radius 3 is 2.38 bits per heavy atom. The standard InChI is InChI=1S/C16H15N5O3S2/c17-26(23,24)13-8-6-12(7-9-13)19-16(22)15(11-4-2-1-3-5-11)25-14-10-18-21-20-14/h1-10,15H,(H,19,22)(H2,17,23,24)(H,18,20,21)/t15-/m0/s1. The molecule has 0 fully saturated rings. The molecule has 3 aromatic rings. The predicted molar refractivity (Wildman–Crippen MR) is 97.9 cm³/mol. The number of hydrogen-bond donors (Lipinski definition) is 3. The number of carbonyl (C=O) groups excluding carboxylic acids is 1. The first-order valence-corrected chi connectivity index (χ1v) is 9.87. The van der Waals surface area contributed by atoms with E-state index in [2.05, 4.69) is 20.7 Å². The first-order valence-electron chi connectivity index (χ1n) is 7.44. The van der Waals surface area contributed by atoms with Crippen molar-refractivity contribution in [3.8, 4) is 0 Å². The Morgan fingerprint density at radius 1 is 1.12 bits per heavy atom. The monoisotopic (exact) mass is 389 g/mol. The van der Waals surface area contributed by atoms with Crippen LogP contribution >= 0.6 is 11.8 Å². The second-order valence-corrected chi connectivity index (χ2v) is 7.96. The van der Waals surface area contributed by atoms with E-state index in [0.717, 1.165) is 5.56 Å². The van der Waals surface area contributed by atoms with Crippen molar-refractivity contribution in [3.63, 3.8) is 0 Å². The van der Waals surface area contributed by atoms with Crippen LogP contribution in [0.1, 0.15) is 10.8 Å². The van der Waals surface area contributed by atoms with Gasteiger partial charge in [-0.2, -0.15) is 10.3 Å². The van der Waals surface area contributed by atoms with E-state index in [9.17, 15) is 13.2 Å². The molecule has 0 unspecified atom stereocenters. The molecule has 0 bridgehead atoms. The number of rotatable bonds is 6. The molecule has 8 nitrogen and oxygen atoms in total. The Labute approximate surface area is 154 Å². The van der Waals surface area contributed by atoms with Crippen LogP contribution in [0.15, 0.2) is 70.7 Å². The number of anilines is 1. The molecule has 4 N–H and O–H groups in total. The van der Waals surface area contributed by atoms with Crippen molar-refractivity contribution in [2.45, 2.75) is 15.2 Å². The third-order valence-corrected chi connectivity index (χ3v) is 5.51. The normalized spacial score (nSPS) is 12.5. The van der Waals surface area contributed by atoms with E-state index in [1.54, 1.807) is 0 Å².